The molecule has 0 spiro atoms. The average Bonchev–Trinajstić information content (AvgIpc) is 2.82. The lowest BCUT2D eigenvalue weighted by Crippen LogP contribution is -2.09. The number of nitrogens with one attached hydrogen (secondary N) is 1. The molecule has 19 heavy (non-hydrogen) atoms. The highest BCUT2D eigenvalue weighted by Gasteiger charge is 2.13. The van der Waals surface area contributed by atoms with E-state index in [1.165, 1.54) is 29.3 Å². The van der Waals surface area contributed by atoms with Gasteiger partial charge in [-0.2, -0.15) is 5.10 Å². The maximum Gasteiger partial charge on any atom is 0.168 e. The van der Waals surface area contributed by atoms with E-state index in [2.05, 4.69) is 20.5 Å². The third-order valence-corrected chi connectivity index (χ3v) is 2.88. The Bertz CT molecular complexity index is 756. The Balaban J connectivity index is 2.26. The molecule has 96 valence electrons. The van der Waals surface area contributed by atoms with Gasteiger partial charge < -0.3 is 5.43 Å². The van der Waals surface area contributed by atoms with Crippen LogP contribution in [-0.2, 0) is 0 Å². The van der Waals surface area contributed by atoms with Crippen molar-refractivity contribution >= 4 is 28.5 Å². The Morgan fingerprint density at radius 1 is 1.32 bits per heavy atom. The standard InChI is InChI=1S/C11H8ClFN6/c12-6-1-2-9(8(13)3-6)19-11-7(4-17-19)10(18-14)15-5-16-11/h1-5H,14H2,(H,15,16,18). The predicted molar refractivity (Wildman–Crippen MR) is 69.4 cm³/mol. The van der Waals surface area contributed by atoms with Gasteiger partial charge in [-0.25, -0.2) is 24.9 Å². The summed E-state index contributed by atoms with van der Waals surface area (Å²) in [6, 6.07) is 4.33. The van der Waals surface area contributed by atoms with Crippen molar-refractivity contribution in [1.82, 2.24) is 19.7 Å². The third kappa shape index (κ3) is 1.88. The van der Waals surface area contributed by atoms with Crippen molar-refractivity contribution in [2.45, 2.75) is 0 Å². The number of halogens is 2. The van der Waals surface area contributed by atoms with Crippen LogP contribution >= 0.6 is 11.6 Å². The van der Waals surface area contributed by atoms with Gasteiger partial charge in [0.1, 0.15) is 17.8 Å². The highest BCUT2D eigenvalue weighted by molar-refractivity contribution is 6.30. The average molecular weight is 279 g/mol. The minimum Gasteiger partial charge on any atom is -0.308 e. The number of benzene rings is 1. The Hall–Kier alpha value is -2.25. The van der Waals surface area contributed by atoms with Gasteiger partial charge in [0.15, 0.2) is 11.5 Å². The van der Waals surface area contributed by atoms with Crippen LogP contribution in [0.5, 0.6) is 0 Å². The number of hydrogen-bond acceptors (Lipinski definition) is 5. The van der Waals surface area contributed by atoms with Gasteiger partial charge in [0.2, 0.25) is 0 Å². The molecule has 2 heterocycles. The summed E-state index contributed by atoms with van der Waals surface area (Å²) in [5.74, 6) is 5.28. The van der Waals surface area contributed by atoms with Crippen LogP contribution in [-0.4, -0.2) is 19.7 Å². The quantitative estimate of drug-likeness (QED) is 0.553. The van der Waals surface area contributed by atoms with E-state index in [1.807, 2.05) is 0 Å². The summed E-state index contributed by atoms with van der Waals surface area (Å²) in [6.07, 6.45) is 2.84. The summed E-state index contributed by atoms with van der Waals surface area (Å²) >= 11 is 5.72. The summed E-state index contributed by atoms with van der Waals surface area (Å²) in [5, 5.41) is 5.01. The van der Waals surface area contributed by atoms with Crippen molar-refractivity contribution in [2.24, 2.45) is 5.84 Å². The van der Waals surface area contributed by atoms with E-state index in [9.17, 15) is 4.39 Å². The molecule has 1 aromatic carbocycles. The monoisotopic (exact) mass is 278 g/mol. The number of fused-ring (bicyclic) bond motifs is 1. The van der Waals surface area contributed by atoms with E-state index < -0.39 is 5.82 Å². The first-order valence-corrected chi connectivity index (χ1v) is 5.69. The zero-order valence-corrected chi connectivity index (χ0v) is 10.3. The van der Waals surface area contributed by atoms with Gasteiger partial charge in [0.05, 0.1) is 11.6 Å². The minimum absolute atomic E-state index is 0.251. The largest absolute Gasteiger partial charge is 0.308 e. The van der Waals surface area contributed by atoms with Crippen LogP contribution in [0.25, 0.3) is 16.7 Å². The third-order valence-electron chi connectivity index (χ3n) is 2.64. The molecule has 0 saturated carbocycles. The molecule has 2 aromatic heterocycles. The van der Waals surface area contributed by atoms with Crippen molar-refractivity contribution in [3.8, 4) is 5.69 Å². The summed E-state index contributed by atoms with van der Waals surface area (Å²) in [4.78, 5) is 8.04. The molecule has 3 N–H and O–H groups in total. The fourth-order valence-electron chi connectivity index (χ4n) is 1.79. The van der Waals surface area contributed by atoms with Gasteiger partial charge in [-0.3, -0.25) is 0 Å². The first-order chi connectivity index (χ1) is 9.20. The summed E-state index contributed by atoms with van der Waals surface area (Å²) < 4.78 is 15.3. The Labute approximate surface area is 112 Å². The number of hydrazine groups is 1. The first kappa shape index (κ1) is 11.8. The Morgan fingerprint density at radius 3 is 2.89 bits per heavy atom. The molecule has 0 saturated heterocycles. The van der Waals surface area contributed by atoms with Crippen molar-refractivity contribution in [3.63, 3.8) is 0 Å². The maximum atomic E-state index is 13.9. The van der Waals surface area contributed by atoms with E-state index in [1.54, 1.807) is 6.07 Å². The lowest BCUT2D eigenvalue weighted by molar-refractivity contribution is 0.612. The highest BCUT2D eigenvalue weighted by Crippen LogP contribution is 2.23. The fraction of sp³-hybridized carbons (Fsp3) is 0. The summed E-state index contributed by atoms with van der Waals surface area (Å²) in [6.45, 7) is 0. The minimum atomic E-state index is -0.488. The number of rotatable bonds is 2. The predicted octanol–water partition coefficient (Wildman–Crippen LogP) is 1.89. The molecule has 0 fully saturated rings. The highest BCUT2D eigenvalue weighted by atomic mass is 35.5. The van der Waals surface area contributed by atoms with Crippen molar-refractivity contribution in [2.75, 3.05) is 5.43 Å². The number of nitrogen functional groups attached to an aromatic ring is 1. The number of hydrogen-bond donors (Lipinski definition) is 2. The van der Waals surface area contributed by atoms with Gasteiger partial charge >= 0.3 is 0 Å². The normalized spacial score (nSPS) is 10.9. The second-order valence-corrected chi connectivity index (χ2v) is 4.19. The molecule has 0 radical (unpaired) electrons. The molecule has 0 atom stereocenters. The van der Waals surface area contributed by atoms with E-state index in [0.717, 1.165) is 0 Å². The molecule has 0 aliphatic rings. The summed E-state index contributed by atoms with van der Waals surface area (Å²) in [5.41, 5.74) is 3.14. The van der Waals surface area contributed by atoms with Gasteiger partial charge in [-0.15, -0.1) is 0 Å². The van der Waals surface area contributed by atoms with E-state index >= 15 is 0 Å². The van der Waals surface area contributed by atoms with Crippen LogP contribution in [0.1, 0.15) is 0 Å². The lowest BCUT2D eigenvalue weighted by Gasteiger charge is -2.05. The maximum absolute atomic E-state index is 13.9. The number of anilines is 1. The van der Waals surface area contributed by atoms with Crippen molar-refractivity contribution < 1.29 is 4.39 Å². The molecule has 3 aromatic rings. The Kier molecular flexibility index (Phi) is 2.77. The molecule has 0 amide bonds. The molecule has 0 bridgehead atoms. The zero-order chi connectivity index (χ0) is 13.4. The van der Waals surface area contributed by atoms with Gasteiger partial charge in [0.25, 0.3) is 0 Å². The van der Waals surface area contributed by atoms with Crippen LogP contribution in [0, 0.1) is 5.82 Å². The molecular weight excluding hydrogens is 271 g/mol. The second-order valence-electron chi connectivity index (χ2n) is 3.76. The van der Waals surface area contributed by atoms with E-state index in [4.69, 9.17) is 17.4 Å². The second kappa shape index (κ2) is 4.45. The van der Waals surface area contributed by atoms with Crippen LogP contribution in [0.15, 0.2) is 30.7 Å². The number of nitrogens with zero attached hydrogens (tertiary/aromatic N) is 4. The smallest absolute Gasteiger partial charge is 0.168 e. The summed E-state index contributed by atoms with van der Waals surface area (Å²) in [7, 11) is 0. The van der Waals surface area contributed by atoms with Crippen LogP contribution in [0.2, 0.25) is 5.02 Å². The van der Waals surface area contributed by atoms with Crippen LogP contribution in [0.4, 0.5) is 10.2 Å². The molecule has 6 nitrogen and oxygen atoms in total. The zero-order valence-electron chi connectivity index (χ0n) is 9.51. The van der Waals surface area contributed by atoms with Gasteiger partial charge in [-0.1, -0.05) is 11.6 Å². The molecule has 3 rings (SSSR count). The van der Waals surface area contributed by atoms with E-state index in [-0.39, 0.29) is 5.69 Å². The topological polar surface area (TPSA) is 81.7 Å². The van der Waals surface area contributed by atoms with Crippen molar-refractivity contribution in [3.05, 3.63) is 41.6 Å². The molecule has 0 aliphatic heterocycles. The molecular formula is C11H8ClFN6. The fourth-order valence-corrected chi connectivity index (χ4v) is 1.95. The number of aromatic nitrogens is 4. The van der Waals surface area contributed by atoms with Gasteiger partial charge in [0, 0.05) is 5.02 Å². The molecule has 8 heteroatoms. The Morgan fingerprint density at radius 2 is 2.16 bits per heavy atom. The molecule has 0 unspecified atom stereocenters. The lowest BCUT2D eigenvalue weighted by atomic mass is 10.3. The first-order valence-electron chi connectivity index (χ1n) is 5.31. The van der Waals surface area contributed by atoms with Gasteiger partial charge in [-0.05, 0) is 18.2 Å². The number of nitrogens with two attached hydrogens (primary N) is 1. The van der Waals surface area contributed by atoms with Crippen LogP contribution < -0.4 is 11.3 Å². The molecule has 0 aliphatic carbocycles. The SMILES string of the molecule is NNc1ncnc2c1cnn2-c1ccc(Cl)cc1F. The van der Waals surface area contributed by atoms with Crippen molar-refractivity contribution in [1.29, 1.82) is 0 Å². The van der Waals surface area contributed by atoms with Crippen LogP contribution in [0.3, 0.4) is 0 Å². The van der Waals surface area contributed by atoms with E-state index in [0.29, 0.717) is 21.9 Å².